The number of nitrogens with zero attached hydrogens (tertiary/aromatic N) is 4. The highest BCUT2D eigenvalue weighted by Gasteiger charge is 2.36. The summed E-state index contributed by atoms with van der Waals surface area (Å²) in [5, 5.41) is 8.33. The summed E-state index contributed by atoms with van der Waals surface area (Å²) in [5.74, 6) is -0.558. The van der Waals surface area contributed by atoms with Gasteiger partial charge in [-0.15, -0.1) is 5.10 Å². The molecule has 0 unspecified atom stereocenters. The van der Waals surface area contributed by atoms with Gasteiger partial charge in [-0.3, -0.25) is 4.79 Å². The fourth-order valence-corrected chi connectivity index (χ4v) is 2.94. The van der Waals surface area contributed by atoms with Crippen LogP contribution >= 0.6 is 0 Å². The Morgan fingerprint density at radius 3 is 2.80 bits per heavy atom. The van der Waals surface area contributed by atoms with Gasteiger partial charge in [-0.05, 0) is 38.1 Å². The van der Waals surface area contributed by atoms with E-state index in [0.29, 0.717) is 25.4 Å². The van der Waals surface area contributed by atoms with Crippen molar-refractivity contribution in [1.82, 2.24) is 19.9 Å². The van der Waals surface area contributed by atoms with E-state index < -0.39 is 5.60 Å². The molecule has 1 amide bonds. The van der Waals surface area contributed by atoms with Crippen LogP contribution in [0.5, 0.6) is 0 Å². The van der Waals surface area contributed by atoms with Gasteiger partial charge in [0.15, 0.2) is 5.69 Å². The molecule has 3 rings (SSSR count). The van der Waals surface area contributed by atoms with Crippen molar-refractivity contribution in [2.75, 3.05) is 26.8 Å². The molecule has 1 aromatic carbocycles. The maximum atomic E-state index is 13.0. The highest BCUT2D eigenvalue weighted by Crippen LogP contribution is 2.22. The number of benzene rings is 1. The Bertz CT molecular complexity index is 745. The summed E-state index contributed by atoms with van der Waals surface area (Å²) in [5.41, 5.74) is 0.350. The number of rotatable bonds is 4. The average Bonchev–Trinajstić information content (AvgIpc) is 3.03. The molecule has 1 saturated heterocycles. The van der Waals surface area contributed by atoms with E-state index in [2.05, 4.69) is 10.2 Å². The Hall–Kier alpha value is -2.32. The average molecular weight is 348 g/mol. The van der Waals surface area contributed by atoms with E-state index in [1.807, 2.05) is 13.8 Å². The molecule has 1 aliphatic rings. The van der Waals surface area contributed by atoms with E-state index in [9.17, 15) is 9.18 Å². The first kappa shape index (κ1) is 17.5. The van der Waals surface area contributed by atoms with E-state index >= 15 is 0 Å². The van der Waals surface area contributed by atoms with Crippen LogP contribution in [-0.4, -0.2) is 64.3 Å². The molecule has 0 aliphatic carbocycles. The number of morpholine rings is 1. The number of hydrogen-bond donors (Lipinski definition) is 0. The van der Waals surface area contributed by atoms with Crippen LogP contribution in [0, 0.1) is 5.82 Å². The number of ether oxygens (including phenoxy) is 2. The molecule has 2 heterocycles. The van der Waals surface area contributed by atoms with Crippen LogP contribution in [0.25, 0.3) is 5.69 Å². The fourth-order valence-electron chi connectivity index (χ4n) is 2.94. The second-order valence-corrected chi connectivity index (χ2v) is 6.64. The van der Waals surface area contributed by atoms with Gasteiger partial charge in [-0.25, -0.2) is 4.39 Å². The van der Waals surface area contributed by atoms with E-state index in [1.165, 1.54) is 23.1 Å². The molecule has 1 aromatic heterocycles. The van der Waals surface area contributed by atoms with Crippen LogP contribution in [0.4, 0.5) is 4.39 Å². The normalized spacial score (nSPS) is 19.8. The first-order valence-electron chi connectivity index (χ1n) is 8.02. The minimum atomic E-state index is -0.468. The van der Waals surface area contributed by atoms with Gasteiger partial charge < -0.3 is 14.4 Å². The maximum Gasteiger partial charge on any atom is 0.276 e. The number of carbonyl (C=O) groups is 1. The first-order valence-corrected chi connectivity index (χ1v) is 8.02. The number of amides is 1. The zero-order valence-corrected chi connectivity index (χ0v) is 14.5. The van der Waals surface area contributed by atoms with Crippen molar-refractivity contribution in [1.29, 1.82) is 0 Å². The lowest BCUT2D eigenvalue weighted by Gasteiger charge is -2.42. The molecule has 7 nitrogen and oxygen atoms in total. The monoisotopic (exact) mass is 348 g/mol. The summed E-state index contributed by atoms with van der Waals surface area (Å²) in [6, 6.07) is 5.74. The van der Waals surface area contributed by atoms with Gasteiger partial charge >= 0.3 is 0 Å². The predicted molar refractivity (Wildman–Crippen MR) is 88.0 cm³/mol. The number of hydrogen-bond acceptors (Lipinski definition) is 5. The van der Waals surface area contributed by atoms with Gasteiger partial charge in [0.05, 0.1) is 30.2 Å². The second-order valence-electron chi connectivity index (χ2n) is 6.64. The second kappa shape index (κ2) is 6.89. The summed E-state index contributed by atoms with van der Waals surface area (Å²) in [4.78, 5) is 15.8. The Balaban J connectivity index is 1.77. The highest BCUT2D eigenvalue weighted by molar-refractivity contribution is 5.92. The van der Waals surface area contributed by atoms with Crippen LogP contribution in [0.2, 0.25) is 0 Å². The third kappa shape index (κ3) is 4.02. The summed E-state index contributed by atoms with van der Waals surface area (Å²) in [7, 11) is 1.60. The molecule has 8 heteroatoms. The lowest BCUT2D eigenvalue weighted by atomic mass is 10.0. The van der Waals surface area contributed by atoms with Crippen molar-refractivity contribution in [3.63, 3.8) is 0 Å². The molecule has 25 heavy (non-hydrogen) atoms. The summed E-state index contributed by atoms with van der Waals surface area (Å²) in [6.07, 6.45) is 1.23. The number of carbonyl (C=O) groups excluding carboxylic acids is 1. The molecule has 0 saturated carbocycles. The molecular weight excluding hydrogens is 327 g/mol. The molecule has 134 valence electrons. The van der Waals surface area contributed by atoms with Gasteiger partial charge in [-0.1, -0.05) is 0 Å². The smallest absolute Gasteiger partial charge is 0.276 e. The SMILES string of the molecule is COC[C@@H]1CN(C(=O)c2cnn(-c3ccc(F)cc3)n2)CC(C)(C)O1. The third-order valence-corrected chi connectivity index (χ3v) is 3.89. The lowest BCUT2D eigenvalue weighted by molar-refractivity contribution is -0.143. The van der Waals surface area contributed by atoms with Crippen LogP contribution in [0.1, 0.15) is 24.3 Å². The zero-order valence-electron chi connectivity index (χ0n) is 14.5. The van der Waals surface area contributed by atoms with E-state index in [0.717, 1.165) is 0 Å². The summed E-state index contributed by atoms with van der Waals surface area (Å²) < 4.78 is 24.1. The minimum Gasteiger partial charge on any atom is -0.382 e. The molecule has 0 radical (unpaired) electrons. The van der Waals surface area contributed by atoms with E-state index in [4.69, 9.17) is 9.47 Å². The lowest BCUT2D eigenvalue weighted by Crippen LogP contribution is -2.55. The fraction of sp³-hybridized carbons (Fsp3) is 0.471. The van der Waals surface area contributed by atoms with Gasteiger partial charge in [0.2, 0.25) is 0 Å². The van der Waals surface area contributed by atoms with Gasteiger partial charge in [0, 0.05) is 20.2 Å². The quantitative estimate of drug-likeness (QED) is 0.841. The third-order valence-electron chi connectivity index (χ3n) is 3.89. The van der Waals surface area contributed by atoms with Crippen molar-refractivity contribution in [3.8, 4) is 5.69 Å². The van der Waals surface area contributed by atoms with Crippen LogP contribution in [0.3, 0.4) is 0 Å². The molecular formula is C17H21FN4O3. The molecule has 1 atom stereocenters. The molecule has 0 spiro atoms. The number of methoxy groups -OCH3 is 1. The molecule has 0 N–H and O–H groups in total. The van der Waals surface area contributed by atoms with E-state index in [-0.39, 0.29) is 23.5 Å². The zero-order chi connectivity index (χ0) is 18.0. The Morgan fingerprint density at radius 2 is 2.12 bits per heavy atom. The number of aromatic nitrogens is 3. The van der Waals surface area contributed by atoms with Crippen molar-refractivity contribution >= 4 is 5.91 Å². The first-order chi connectivity index (χ1) is 11.9. The molecule has 2 aromatic rings. The van der Waals surface area contributed by atoms with E-state index in [1.54, 1.807) is 24.1 Å². The standard InChI is InChI=1S/C17H21FN4O3/c1-17(2)11-21(9-14(25-17)10-24-3)16(23)15-8-19-22(20-15)13-6-4-12(18)5-7-13/h4-8,14H,9-11H2,1-3H3/t14-/m0/s1. The van der Waals surface area contributed by atoms with Crippen LogP contribution in [0.15, 0.2) is 30.5 Å². The topological polar surface area (TPSA) is 69.5 Å². The maximum absolute atomic E-state index is 13.0. The van der Waals surface area contributed by atoms with Crippen LogP contribution < -0.4 is 0 Å². The number of halogens is 1. The molecule has 0 bridgehead atoms. The van der Waals surface area contributed by atoms with Gasteiger partial charge in [-0.2, -0.15) is 9.90 Å². The summed E-state index contributed by atoms with van der Waals surface area (Å²) in [6.45, 7) is 5.17. The molecule has 1 aliphatic heterocycles. The minimum absolute atomic E-state index is 0.190. The van der Waals surface area contributed by atoms with Crippen molar-refractivity contribution < 1.29 is 18.7 Å². The Morgan fingerprint density at radius 1 is 1.40 bits per heavy atom. The van der Waals surface area contributed by atoms with Crippen LogP contribution in [-0.2, 0) is 9.47 Å². The van der Waals surface area contributed by atoms with Crippen molar-refractivity contribution in [3.05, 3.63) is 42.0 Å². The Kier molecular flexibility index (Phi) is 4.82. The van der Waals surface area contributed by atoms with Gasteiger partial charge in [0.25, 0.3) is 5.91 Å². The molecule has 1 fully saturated rings. The predicted octanol–water partition coefficient (Wildman–Crippen LogP) is 1.67. The van der Waals surface area contributed by atoms with Crippen molar-refractivity contribution in [2.45, 2.75) is 25.6 Å². The highest BCUT2D eigenvalue weighted by atomic mass is 19.1. The summed E-state index contributed by atoms with van der Waals surface area (Å²) >= 11 is 0. The van der Waals surface area contributed by atoms with Gasteiger partial charge in [0.1, 0.15) is 5.82 Å². The Labute approximate surface area is 145 Å². The van der Waals surface area contributed by atoms with Crippen molar-refractivity contribution in [2.24, 2.45) is 0 Å². The largest absolute Gasteiger partial charge is 0.382 e.